The number of nitrogens with two attached hydrogens (primary N) is 1. The van der Waals surface area contributed by atoms with Crippen LogP contribution in [0.2, 0.25) is 0 Å². The third-order valence-electron chi connectivity index (χ3n) is 5.07. The molecule has 0 spiro atoms. The number of hydrogen-bond acceptors (Lipinski definition) is 10. The Morgan fingerprint density at radius 2 is 2.10 bits per heavy atom. The smallest absolute Gasteiger partial charge is 0.404 e. The normalized spacial score (nSPS) is 28.5. The lowest BCUT2D eigenvalue weighted by Gasteiger charge is -2.49. The van der Waals surface area contributed by atoms with E-state index in [-0.39, 0.29) is 30.0 Å². The maximum atomic E-state index is 11.9. The van der Waals surface area contributed by atoms with E-state index in [0.29, 0.717) is 24.1 Å². The summed E-state index contributed by atoms with van der Waals surface area (Å²) in [5.41, 5.74) is 6.25. The van der Waals surface area contributed by atoms with E-state index in [1.165, 1.54) is 25.0 Å². The van der Waals surface area contributed by atoms with Crippen molar-refractivity contribution in [1.82, 2.24) is 5.32 Å². The van der Waals surface area contributed by atoms with Crippen molar-refractivity contribution in [2.24, 2.45) is 5.73 Å². The number of benzene rings is 1. The van der Waals surface area contributed by atoms with Crippen LogP contribution in [0.15, 0.2) is 12.1 Å². The maximum Gasteiger partial charge on any atom is 0.404 e. The van der Waals surface area contributed by atoms with E-state index in [9.17, 15) is 19.2 Å². The number of esters is 2. The molecule has 3 aliphatic heterocycles. The molecule has 0 radical (unpaired) electrons. The van der Waals surface area contributed by atoms with Gasteiger partial charge in [0, 0.05) is 31.0 Å². The van der Waals surface area contributed by atoms with Crippen molar-refractivity contribution in [3.05, 3.63) is 23.3 Å². The fourth-order valence-electron chi connectivity index (χ4n) is 4.04. The Balaban J connectivity index is 1.92. The average Bonchev–Trinajstić information content (AvgIpc) is 3.40. The number of hydroxylamine groups is 1. The molecule has 29 heavy (non-hydrogen) atoms. The van der Waals surface area contributed by atoms with E-state index < -0.39 is 29.7 Å². The van der Waals surface area contributed by atoms with Gasteiger partial charge in [-0.3, -0.25) is 14.4 Å². The molecule has 4 rings (SSSR count). The van der Waals surface area contributed by atoms with Crippen molar-refractivity contribution >= 4 is 30.0 Å². The largest absolute Gasteiger partial charge is 0.449 e. The Labute approximate surface area is 164 Å². The molecule has 2 saturated heterocycles. The van der Waals surface area contributed by atoms with E-state index in [1.807, 2.05) is 0 Å². The van der Waals surface area contributed by atoms with Crippen molar-refractivity contribution in [1.29, 1.82) is 0 Å². The highest BCUT2D eigenvalue weighted by Crippen LogP contribution is 2.55. The van der Waals surface area contributed by atoms with Gasteiger partial charge in [0.2, 0.25) is 0 Å². The van der Waals surface area contributed by atoms with Crippen molar-refractivity contribution in [3.8, 4) is 5.75 Å². The number of fused-ring (bicyclic) bond motifs is 6. The van der Waals surface area contributed by atoms with Crippen LogP contribution in [-0.2, 0) is 23.9 Å². The van der Waals surface area contributed by atoms with Gasteiger partial charge in [-0.2, -0.15) is 0 Å². The van der Waals surface area contributed by atoms with Crippen LogP contribution in [0.25, 0.3) is 0 Å². The highest BCUT2D eigenvalue weighted by Gasteiger charge is 2.68. The lowest BCUT2D eigenvalue weighted by atomic mass is 9.82. The van der Waals surface area contributed by atoms with E-state index in [1.54, 1.807) is 6.07 Å². The van der Waals surface area contributed by atoms with Gasteiger partial charge in [-0.25, -0.2) is 14.7 Å². The van der Waals surface area contributed by atoms with Crippen LogP contribution in [0.1, 0.15) is 35.7 Å². The molecule has 0 aliphatic carbocycles. The minimum atomic E-state index is -1.55. The van der Waals surface area contributed by atoms with Gasteiger partial charge in [0.1, 0.15) is 18.6 Å². The van der Waals surface area contributed by atoms with E-state index in [0.717, 1.165) is 0 Å². The fraction of sp³-hybridized carbons (Fsp3) is 0.444. The molecule has 2 fully saturated rings. The molecule has 4 atom stereocenters. The number of primary amides is 1. The molecule has 11 heteroatoms. The molecule has 3 N–H and O–H groups in total. The Morgan fingerprint density at radius 1 is 1.34 bits per heavy atom. The molecule has 154 valence electrons. The van der Waals surface area contributed by atoms with Gasteiger partial charge in [0.25, 0.3) is 5.79 Å². The molecule has 3 aliphatic rings. The third-order valence-corrected chi connectivity index (χ3v) is 5.07. The molecular formula is C18H19N3O8. The van der Waals surface area contributed by atoms with Crippen molar-refractivity contribution in [2.75, 3.05) is 18.2 Å². The summed E-state index contributed by atoms with van der Waals surface area (Å²) in [5, 5.41) is 4.68. The molecule has 4 unspecified atom stereocenters. The van der Waals surface area contributed by atoms with Crippen LogP contribution >= 0.6 is 0 Å². The van der Waals surface area contributed by atoms with Crippen LogP contribution in [0, 0.1) is 0 Å². The lowest BCUT2D eigenvalue weighted by Crippen LogP contribution is -2.61. The average molecular weight is 405 g/mol. The molecule has 1 aromatic rings. The van der Waals surface area contributed by atoms with Gasteiger partial charge in [0.15, 0.2) is 0 Å². The topological polar surface area (TPSA) is 156 Å². The van der Waals surface area contributed by atoms with Gasteiger partial charge >= 0.3 is 18.0 Å². The summed E-state index contributed by atoms with van der Waals surface area (Å²) in [5.74, 6) is -3.55. The number of nitrogens with zero attached hydrogens (tertiary/aromatic N) is 1. The zero-order chi connectivity index (χ0) is 20.9. The van der Waals surface area contributed by atoms with E-state index in [4.69, 9.17) is 24.8 Å². The first-order valence-corrected chi connectivity index (χ1v) is 8.91. The van der Waals surface area contributed by atoms with Crippen LogP contribution < -0.4 is 20.9 Å². The number of ether oxygens (including phenoxy) is 3. The molecule has 2 bridgehead atoms. The molecule has 1 aromatic carbocycles. The number of hydrogen-bond donors (Lipinski definition) is 2. The van der Waals surface area contributed by atoms with Crippen molar-refractivity contribution in [3.63, 3.8) is 0 Å². The summed E-state index contributed by atoms with van der Waals surface area (Å²) >= 11 is 0. The highest BCUT2D eigenvalue weighted by molar-refractivity contribution is 5.82. The first-order chi connectivity index (χ1) is 13.7. The number of anilines is 1. The van der Waals surface area contributed by atoms with Crippen LogP contribution in [0.3, 0.4) is 0 Å². The number of nitrogens with one attached hydrogen (secondary N) is 1. The van der Waals surface area contributed by atoms with Gasteiger partial charge in [0.05, 0.1) is 24.2 Å². The minimum absolute atomic E-state index is 0.0515. The summed E-state index contributed by atoms with van der Waals surface area (Å²) in [6.45, 7) is 2.56. The zero-order valence-electron chi connectivity index (χ0n) is 15.7. The lowest BCUT2D eigenvalue weighted by molar-refractivity contribution is -0.263. The molecule has 3 heterocycles. The molecule has 0 aromatic heterocycles. The summed E-state index contributed by atoms with van der Waals surface area (Å²) in [4.78, 5) is 52.4. The Kier molecular flexibility index (Phi) is 4.43. The monoisotopic (exact) mass is 405 g/mol. The maximum absolute atomic E-state index is 11.9. The molecular weight excluding hydrogens is 386 g/mol. The van der Waals surface area contributed by atoms with E-state index >= 15 is 0 Å². The van der Waals surface area contributed by atoms with Gasteiger partial charge in [-0.15, -0.1) is 0 Å². The second-order valence-electron chi connectivity index (χ2n) is 7.06. The van der Waals surface area contributed by atoms with Gasteiger partial charge in [-0.1, -0.05) is 0 Å². The second-order valence-corrected chi connectivity index (χ2v) is 7.06. The first kappa shape index (κ1) is 19.2. The zero-order valence-corrected chi connectivity index (χ0v) is 15.7. The summed E-state index contributed by atoms with van der Waals surface area (Å²) in [7, 11) is 0. The predicted molar refractivity (Wildman–Crippen MR) is 95.1 cm³/mol. The summed E-state index contributed by atoms with van der Waals surface area (Å²) < 4.78 is 16.0. The molecule has 11 nitrogen and oxygen atoms in total. The van der Waals surface area contributed by atoms with Crippen molar-refractivity contribution in [2.45, 2.75) is 37.6 Å². The third kappa shape index (κ3) is 3.17. The SMILES string of the molecule is CC(=O)Oc1cc(C=O)cc2c1C(COC(N)=O)C1(OC(C)=O)ON2CC2NC21. The van der Waals surface area contributed by atoms with Crippen LogP contribution in [-0.4, -0.2) is 55.3 Å². The Morgan fingerprint density at radius 3 is 2.72 bits per heavy atom. The van der Waals surface area contributed by atoms with Gasteiger partial charge < -0.3 is 25.3 Å². The van der Waals surface area contributed by atoms with Gasteiger partial charge in [-0.05, 0) is 12.1 Å². The number of rotatable bonds is 5. The summed E-state index contributed by atoms with van der Waals surface area (Å²) in [6, 6.07) is 2.54. The minimum Gasteiger partial charge on any atom is -0.449 e. The summed E-state index contributed by atoms with van der Waals surface area (Å²) in [6.07, 6.45) is -0.417. The van der Waals surface area contributed by atoms with Crippen molar-refractivity contribution < 1.29 is 38.2 Å². The second kappa shape index (κ2) is 6.71. The number of carbonyl (C=O) groups excluding carboxylic acids is 4. The standard InChI is InChI=1S/C18H19N3O8/c1-8(23)27-14-4-10(6-22)3-13-15(14)11(7-26-17(19)25)18(28-9(2)24)16-12(20-16)5-21(13)29-18/h3-4,6,11-12,16,20H,5,7H2,1-2H3,(H2,19,25). The Hall–Kier alpha value is -3.18. The van der Waals surface area contributed by atoms with Crippen LogP contribution in [0.5, 0.6) is 5.75 Å². The molecule has 1 amide bonds. The fourth-order valence-corrected chi connectivity index (χ4v) is 4.04. The highest BCUT2D eigenvalue weighted by atomic mass is 16.8. The van der Waals surface area contributed by atoms with Crippen LogP contribution in [0.4, 0.5) is 10.5 Å². The quantitative estimate of drug-likeness (QED) is 0.295. The van der Waals surface area contributed by atoms with E-state index in [2.05, 4.69) is 5.32 Å². The predicted octanol–water partition coefficient (Wildman–Crippen LogP) is -0.0317. The Bertz CT molecular complexity index is 919. The first-order valence-electron chi connectivity index (χ1n) is 8.91. The number of carbonyl (C=O) groups is 4. The molecule has 0 saturated carbocycles. The number of aldehydes is 1. The number of amides is 1.